The minimum Gasteiger partial charge on any atom is -0.465 e. The van der Waals surface area contributed by atoms with Crippen molar-refractivity contribution in [3.8, 4) is 22.5 Å². The van der Waals surface area contributed by atoms with E-state index in [-0.39, 0.29) is 36.6 Å². The number of rotatable bonds is 8. The van der Waals surface area contributed by atoms with Gasteiger partial charge in [0.15, 0.2) is 5.92 Å². The monoisotopic (exact) mass is 411 g/mol. The number of benzene rings is 1. The lowest BCUT2D eigenvalue weighted by Gasteiger charge is -2.14. The molecular weight excluding hydrogens is 390 g/mol. The maximum atomic E-state index is 12.4. The van der Waals surface area contributed by atoms with Gasteiger partial charge in [-0.3, -0.25) is 19.7 Å². The fourth-order valence-electron chi connectivity index (χ4n) is 3.44. The maximum absolute atomic E-state index is 12.4. The highest BCUT2D eigenvalue weighted by atomic mass is 16.6. The smallest absolute Gasteiger partial charge is 0.320 e. The molecule has 0 bridgehead atoms. The summed E-state index contributed by atoms with van der Waals surface area (Å²) in [4.78, 5) is 36.4. The Morgan fingerprint density at radius 2 is 1.67 bits per heavy atom. The molecule has 0 spiro atoms. The molecule has 1 aliphatic heterocycles. The lowest BCUT2D eigenvalue weighted by atomic mass is 9.99. The largest absolute Gasteiger partial charge is 0.465 e. The van der Waals surface area contributed by atoms with Crippen molar-refractivity contribution in [3.63, 3.8) is 0 Å². The van der Waals surface area contributed by atoms with Crippen LogP contribution >= 0.6 is 0 Å². The van der Waals surface area contributed by atoms with Crippen LogP contribution in [0.15, 0.2) is 53.1 Å². The Morgan fingerprint density at radius 3 is 2.23 bits per heavy atom. The van der Waals surface area contributed by atoms with E-state index in [0.717, 1.165) is 0 Å². The first kappa shape index (κ1) is 21.0. The van der Waals surface area contributed by atoms with Crippen LogP contribution in [-0.4, -0.2) is 30.1 Å². The zero-order chi connectivity index (χ0) is 21.7. The number of fused-ring (bicyclic) bond motifs is 1. The predicted molar refractivity (Wildman–Crippen MR) is 108 cm³/mol. The van der Waals surface area contributed by atoms with Crippen LogP contribution in [0.4, 0.5) is 5.69 Å². The lowest BCUT2D eigenvalue weighted by Crippen LogP contribution is -2.30. The van der Waals surface area contributed by atoms with E-state index in [1.54, 1.807) is 50.2 Å². The number of ether oxygens (including phenoxy) is 2. The van der Waals surface area contributed by atoms with Gasteiger partial charge in [0.2, 0.25) is 0 Å². The van der Waals surface area contributed by atoms with Crippen LogP contribution in [0, 0.1) is 16.0 Å². The van der Waals surface area contributed by atoms with Gasteiger partial charge in [0.25, 0.3) is 5.69 Å². The molecule has 30 heavy (non-hydrogen) atoms. The molecule has 0 saturated heterocycles. The quantitative estimate of drug-likeness (QED) is 0.236. The third-order valence-corrected chi connectivity index (χ3v) is 4.63. The number of nitro groups is 1. The Morgan fingerprint density at radius 1 is 1.03 bits per heavy atom. The number of carbonyl (C=O) groups is 2. The van der Waals surface area contributed by atoms with Gasteiger partial charge in [-0.1, -0.05) is 30.3 Å². The third-order valence-electron chi connectivity index (χ3n) is 4.63. The summed E-state index contributed by atoms with van der Waals surface area (Å²) in [5.74, 6) is -2.68. The van der Waals surface area contributed by atoms with Crippen molar-refractivity contribution in [2.24, 2.45) is 5.92 Å². The molecule has 156 valence electrons. The molecule has 0 fully saturated rings. The highest BCUT2D eigenvalue weighted by molar-refractivity contribution is 5.98. The molecule has 0 atom stereocenters. The SMILES string of the molecule is CCOC(=O)C(Cc1c2occcc-2c(-c2ccccc2)c1[N+](=O)[O-])C(=O)OCC. The van der Waals surface area contributed by atoms with Crippen molar-refractivity contribution >= 4 is 17.6 Å². The van der Waals surface area contributed by atoms with Crippen molar-refractivity contribution in [2.45, 2.75) is 20.3 Å². The molecule has 1 aromatic carbocycles. The molecule has 2 aliphatic rings. The van der Waals surface area contributed by atoms with E-state index in [0.29, 0.717) is 16.7 Å². The van der Waals surface area contributed by atoms with E-state index in [2.05, 4.69) is 0 Å². The second-order valence-electron chi connectivity index (χ2n) is 6.44. The first-order valence-electron chi connectivity index (χ1n) is 9.54. The molecule has 1 heterocycles. The number of carbonyl (C=O) groups excluding carboxylic acids is 2. The number of hydrogen-bond donors (Lipinski definition) is 0. The summed E-state index contributed by atoms with van der Waals surface area (Å²) in [6.07, 6.45) is 1.12. The predicted octanol–water partition coefficient (Wildman–Crippen LogP) is 4.24. The van der Waals surface area contributed by atoms with Gasteiger partial charge in [0.1, 0.15) is 5.76 Å². The molecule has 0 aromatic heterocycles. The zero-order valence-electron chi connectivity index (χ0n) is 16.6. The lowest BCUT2D eigenvalue weighted by molar-refractivity contribution is -0.384. The summed E-state index contributed by atoms with van der Waals surface area (Å²) < 4.78 is 15.6. The summed E-state index contributed by atoms with van der Waals surface area (Å²) in [7, 11) is 0. The molecule has 1 aromatic rings. The molecule has 8 heteroatoms. The molecule has 0 N–H and O–H groups in total. The second-order valence-corrected chi connectivity index (χ2v) is 6.44. The normalized spacial score (nSPS) is 10.9. The Hall–Kier alpha value is -3.68. The van der Waals surface area contributed by atoms with Crippen molar-refractivity contribution in [1.82, 2.24) is 0 Å². The van der Waals surface area contributed by atoms with Gasteiger partial charge in [0.05, 0.1) is 35.5 Å². The van der Waals surface area contributed by atoms with Gasteiger partial charge >= 0.3 is 11.9 Å². The van der Waals surface area contributed by atoms with Crippen molar-refractivity contribution in [2.75, 3.05) is 13.2 Å². The van der Waals surface area contributed by atoms with Crippen molar-refractivity contribution in [3.05, 3.63) is 64.4 Å². The van der Waals surface area contributed by atoms with Gasteiger partial charge in [-0.15, -0.1) is 0 Å². The Kier molecular flexibility index (Phi) is 6.46. The Bertz CT molecular complexity index is 1010. The molecular formula is C22H21NO7. The van der Waals surface area contributed by atoms with E-state index in [1.807, 2.05) is 6.07 Å². The number of nitrogens with zero attached hydrogens (tertiary/aromatic N) is 1. The molecule has 3 rings (SSSR count). The average molecular weight is 411 g/mol. The molecule has 0 amide bonds. The summed E-state index contributed by atoms with van der Waals surface area (Å²) in [5.41, 5.74) is 1.48. The van der Waals surface area contributed by atoms with Crippen LogP contribution in [-0.2, 0) is 25.5 Å². The summed E-state index contributed by atoms with van der Waals surface area (Å²) in [6.45, 7) is 3.36. The van der Waals surface area contributed by atoms with E-state index >= 15 is 0 Å². The van der Waals surface area contributed by atoms with Crippen molar-refractivity contribution < 1.29 is 28.4 Å². The first-order chi connectivity index (χ1) is 14.5. The first-order valence-corrected chi connectivity index (χ1v) is 9.54. The topological polar surface area (TPSA) is 109 Å². The van der Waals surface area contributed by atoms with Crippen LogP contribution in [0.2, 0.25) is 0 Å². The highest BCUT2D eigenvalue weighted by Gasteiger charge is 2.39. The van der Waals surface area contributed by atoms with Gasteiger partial charge in [-0.05, 0) is 31.5 Å². The number of hydrogen-bond acceptors (Lipinski definition) is 7. The third kappa shape index (κ3) is 4.03. The minimum atomic E-state index is -1.34. The van der Waals surface area contributed by atoms with E-state index in [1.165, 1.54) is 6.26 Å². The summed E-state index contributed by atoms with van der Waals surface area (Å²) in [5, 5.41) is 12.1. The summed E-state index contributed by atoms with van der Waals surface area (Å²) in [6, 6.07) is 12.2. The zero-order valence-corrected chi connectivity index (χ0v) is 16.6. The molecule has 1 aliphatic carbocycles. The maximum Gasteiger partial charge on any atom is 0.320 e. The molecule has 0 radical (unpaired) electrons. The summed E-state index contributed by atoms with van der Waals surface area (Å²) >= 11 is 0. The second kappa shape index (κ2) is 9.21. The van der Waals surface area contributed by atoms with Gasteiger partial charge in [-0.2, -0.15) is 0 Å². The van der Waals surface area contributed by atoms with Gasteiger partial charge in [0, 0.05) is 12.0 Å². The van der Waals surface area contributed by atoms with Crippen LogP contribution in [0.5, 0.6) is 0 Å². The fraction of sp³-hybridized carbons (Fsp3) is 0.273. The standard InChI is InChI=1S/C22H21NO7/c1-3-28-21(24)17(22(25)29-4-2)13-16-19(23(26)27)18(14-9-6-5-7-10-14)15-11-8-12-30-20(15)16/h5-12,17H,3-4,13H2,1-2H3. The molecule has 0 unspecified atom stereocenters. The van der Waals surface area contributed by atoms with Gasteiger partial charge < -0.3 is 13.9 Å². The van der Waals surface area contributed by atoms with E-state index in [4.69, 9.17) is 13.9 Å². The van der Waals surface area contributed by atoms with Crippen LogP contribution in [0.3, 0.4) is 0 Å². The highest BCUT2D eigenvalue weighted by Crippen LogP contribution is 2.48. The van der Waals surface area contributed by atoms with Crippen LogP contribution in [0.25, 0.3) is 22.5 Å². The van der Waals surface area contributed by atoms with Gasteiger partial charge in [-0.25, -0.2) is 0 Å². The molecule has 0 saturated carbocycles. The Labute approximate surface area is 172 Å². The minimum absolute atomic E-state index is 0.0677. The van der Waals surface area contributed by atoms with Crippen LogP contribution in [0.1, 0.15) is 19.4 Å². The average Bonchev–Trinajstić information content (AvgIpc) is 3.07. The molecule has 8 nitrogen and oxygen atoms in total. The Balaban J connectivity index is 2.20. The fourth-order valence-corrected chi connectivity index (χ4v) is 3.44. The number of esters is 2. The van der Waals surface area contributed by atoms with E-state index in [9.17, 15) is 19.7 Å². The van der Waals surface area contributed by atoms with E-state index < -0.39 is 22.8 Å². The van der Waals surface area contributed by atoms with Crippen molar-refractivity contribution in [1.29, 1.82) is 0 Å². The van der Waals surface area contributed by atoms with Crippen LogP contribution < -0.4 is 0 Å².